The molecule has 0 fully saturated rings. The predicted molar refractivity (Wildman–Crippen MR) is 30.7 cm³/mol. The van der Waals surface area contributed by atoms with Crippen molar-refractivity contribution in [1.29, 1.82) is 0 Å². The molecule has 0 amide bonds. The Morgan fingerprint density at radius 1 is 1.00 bits per heavy atom. The summed E-state index contributed by atoms with van der Waals surface area (Å²) in [5.41, 5.74) is 9.00. The average molecular weight is 158 g/mol. The fourth-order valence-electron chi connectivity index (χ4n) is 0. The highest BCUT2D eigenvalue weighted by molar-refractivity contribution is 7.79. The summed E-state index contributed by atoms with van der Waals surface area (Å²) < 4.78 is 34.1. The minimum absolute atomic E-state index is 1.50. The molecule has 7 heteroatoms. The third kappa shape index (κ3) is 5920. The minimum atomic E-state index is -5.17. The first-order valence-corrected chi connectivity index (χ1v) is 3.15. The van der Waals surface area contributed by atoms with Gasteiger partial charge in [0.15, 0.2) is 0 Å². The van der Waals surface area contributed by atoms with E-state index in [1.54, 1.807) is 0 Å². The molecule has 0 heterocycles. The summed E-state index contributed by atoms with van der Waals surface area (Å²) in [5.74, 6) is 0. The van der Waals surface area contributed by atoms with Crippen molar-refractivity contribution in [3.05, 3.63) is 0 Å². The molecule has 60 valence electrons. The molecule has 0 bridgehead atoms. The number of rotatable bonds is 0. The zero-order chi connectivity index (χ0) is 8.50. The summed E-state index contributed by atoms with van der Waals surface area (Å²) in [6, 6.07) is 0. The Morgan fingerprint density at radius 2 is 1.00 bits per heavy atom. The standard InChI is InChI=1S/2CH5N.H2O4S/c2*1-2;1-5(2,3)4/h2*2H2,1H3;(H2,1,2,3,4)/p-2. The summed E-state index contributed by atoms with van der Waals surface area (Å²) in [7, 11) is -2.17. The van der Waals surface area contributed by atoms with Gasteiger partial charge in [0.05, 0.1) is 0 Å². The smallest absolute Gasteiger partial charge is 0.0311 e. The van der Waals surface area contributed by atoms with E-state index in [1.165, 1.54) is 14.1 Å². The van der Waals surface area contributed by atoms with Gasteiger partial charge in [0.1, 0.15) is 0 Å². The molecule has 4 N–H and O–H groups in total. The van der Waals surface area contributed by atoms with E-state index in [0.717, 1.165) is 0 Å². The van der Waals surface area contributed by atoms with Crippen LogP contribution in [0.25, 0.3) is 0 Å². The number of hydrogen-bond donors (Lipinski definition) is 2. The molecule has 0 aliphatic rings. The van der Waals surface area contributed by atoms with Crippen molar-refractivity contribution >= 4 is 10.4 Å². The zero-order valence-electron chi connectivity index (χ0n) is 5.20. The Balaban J connectivity index is -0.0000000771. The molecule has 0 unspecified atom stereocenters. The first-order valence-electron chi connectivity index (χ1n) is 1.82. The highest BCUT2D eigenvalue weighted by atomic mass is 32.3. The Hall–Kier alpha value is -0.210. The van der Waals surface area contributed by atoms with E-state index >= 15 is 0 Å². The SMILES string of the molecule is CN.CN.O=S(=O)([O-])[O-]. The quantitative estimate of drug-likeness (QED) is 0.304. The van der Waals surface area contributed by atoms with Crippen molar-refractivity contribution in [2.24, 2.45) is 11.5 Å². The van der Waals surface area contributed by atoms with Crippen molar-refractivity contribution in [2.75, 3.05) is 14.1 Å². The molecule has 0 rings (SSSR count). The van der Waals surface area contributed by atoms with E-state index in [9.17, 15) is 0 Å². The Labute approximate surface area is 54.4 Å². The Morgan fingerprint density at radius 3 is 1.00 bits per heavy atom. The molecule has 0 saturated heterocycles. The highest BCUT2D eigenvalue weighted by Crippen LogP contribution is 1.57. The van der Waals surface area contributed by atoms with Crippen LogP contribution in [-0.2, 0) is 10.4 Å². The monoisotopic (exact) mass is 158 g/mol. The molecule has 0 aromatic carbocycles. The molecule has 6 nitrogen and oxygen atoms in total. The summed E-state index contributed by atoms with van der Waals surface area (Å²) in [6.07, 6.45) is 0. The summed E-state index contributed by atoms with van der Waals surface area (Å²) in [5, 5.41) is 0. The van der Waals surface area contributed by atoms with Crippen molar-refractivity contribution in [3.63, 3.8) is 0 Å². The fourth-order valence-corrected chi connectivity index (χ4v) is 0. The van der Waals surface area contributed by atoms with Gasteiger partial charge in [-0.2, -0.15) is 0 Å². The van der Waals surface area contributed by atoms with E-state index in [4.69, 9.17) is 17.5 Å². The van der Waals surface area contributed by atoms with Crippen molar-refractivity contribution in [2.45, 2.75) is 0 Å². The van der Waals surface area contributed by atoms with Crippen LogP contribution in [0.3, 0.4) is 0 Å². The summed E-state index contributed by atoms with van der Waals surface area (Å²) in [4.78, 5) is 0. The van der Waals surface area contributed by atoms with Crippen LogP contribution in [0.1, 0.15) is 0 Å². The van der Waals surface area contributed by atoms with Crippen molar-refractivity contribution in [1.82, 2.24) is 0 Å². The van der Waals surface area contributed by atoms with E-state index in [1.807, 2.05) is 0 Å². The van der Waals surface area contributed by atoms with Gasteiger partial charge in [-0.15, -0.1) is 0 Å². The van der Waals surface area contributed by atoms with Crippen LogP contribution in [-0.4, -0.2) is 31.6 Å². The highest BCUT2D eigenvalue weighted by Gasteiger charge is 1.49. The Bertz CT molecular complexity index is 99.7. The third-order valence-corrected chi connectivity index (χ3v) is 0. The molecule has 0 radical (unpaired) electrons. The van der Waals surface area contributed by atoms with Gasteiger partial charge < -0.3 is 20.6 Å². The molecular formula is C2H10N2O4S-2. The number of nitrogens with two attached hydrogens (primary N) is 2. The van der Waals surface area contributed by atoms with E-state index in [0.29, 0.717) is 0 Å². The first-order chi connectivity index (χ1) is 4.00. The van der Waals surface area contributed by atoms with Gasteiger partial charge in [0, 0.05) is 10.4 Å². The largest absolute Gasteiger partial charge is 0.759 e. The second-order valence-corrected chi connectivity index (χ2v) is 1.22. The lowest BCUT2D eigenvalue weighted by atomic mass is 11.6. The lowest BCUT2D eigenvalue weighted by Gasteiger charge is -2.06. The lowest BCUT2D eigenvalue weighted by molar-refractivity contribution is 0.352. The first kappa shape index (κ1) is 15.9. The number of hydrogen-bond acceptors (Lipinski definition) is 6. The maximum atomic E-state index is 8.52. The molecule has 0 aromatic heterocycles. The van der Waals surface area contributed by atoms with E-state index in [2.05, 4.69) is 11.5 Å². The van der Waals surface area contributed by atoms with Gasteiger partial charge in [-0.05, 0) is 14.1 Å². The van der Waals surface area contributed by atoms with Gasteiger partial charge in [0.2, 0.25) is 0 Å². The maximum Gasteiger partial charge on any atom is 0.0311 e. The molecule has 0 aliphatic carbocycles. The van der Waals surface area contributed by atoms with Crippen LogP contribution in [0.2, 0.25) is 0 Å². The fraction of sp³-hybridized carbons (Fsp3) is 1.00. The third-order valence-electron chi connectivity index (χ3n) is 0. The lowest BCUT2D eigenvalue weighted by Crippen LogP contribution is -1.91. The predicted octanol–water partition coefficient (Wildman–Crippen LogP) is -2.19. The summed E-state index contributed by atoms with van der Waals surface area (Å²) in [6.45, 7) is 0. The molecule has 0 aromatic rings. The second kappa shape index (κ2) is 10.7. The van der Waals surface area contributed by atoms with Crippen LogP contribution < -0.4 is 11.5 Å². The van der Waals surface area contributed by atoms with Crippen LogP contribution in [0.4, 0.5) is 0 Å². The maximum absolute atomic E-state index is 8.52. The molecule has 0 spiro atoms. The Kier molecular flexibility index (Phi) is 18.9. The van der Waals surface area contributed by atoms with Crippen molar-refractivity contribution < 1.29 is 17.5 Å². The molecule has 0 atom stereocenters. The van der Waals surface area contributed by atoms with E-state index < -0.39 is 10.4 Å². The average Bonchev–Trinajstić information content (AvgIpc) is 1.72. The van der Waals surface area contributed by atoms with Gasteiger partial charge in [-0.25, -0.2) is 0 Å². The van der Waals surface area contributed by atoms with Gasteiger partial charge >= 0.3 is 0 Å². The normalized spacial score (nSPS) is 7.78. The molecule has 0 saturated carbocycles. The van der Waals surface area contributed by atoms with E-state index in [-0.39, 0.29) is 0 Å². The van der Waals surface area contributed by atoms with Gasteiger partial charge in [-0.3, -0.25) is 8.42 Å². The molecular weight excluding hydrogens is 148 g/mol. The zero-order valence-corrected chi connectivity index (χ0v) is 6.01. The second-order valence-electron chi connectivity index (χ2n) is 0.408. The van der Waals surface area contributed by atoms with Gasteiger partial charge in [-0.1, -0.05) is 0 Å². The van der Waals surface area contributed by atoms with Crippen molar-refractivity contribution in [3.8, 4) is 0 Å². The summed E-state index contributed by atoms with van der Waals surface area (Å²) >= 11 is 0. The minimum Gasteiger partial charge on any atom is -0.759 e. The van der Waals surface area contributed by atoms with Crippen LogP contribution in [0.5, 0.6) is 0 Å². The molecule has 9 heavy (non-hydrogen) atoms. The van der Waals surface area contributed by atoms with Crippen LogP contribution in [0, 0.1) is 0 Å². The van der Waals surface area contributed by atoms with Crippen LogP contribution >= 0.6 is 0 Å². The van der Waals surface area contributed by atoms with Crippen LogP contribution in [0.15, 0.2) is 0 Å². The van der Waals surface area contributed by atoms with Gasteiger partial charge in [0.25, 0.3) is 0 Å². The topological polar surface area (TPSA) is 132 Å². The molecule has 0 aliphatic heterocycles.